The molecule has 1 heterocycles. The molecule has 19 heavy (non-hydrogen) atoms. The summed E-state index contributed by atoms with van der Waals surface area (Å²) in [7, 11) is 0. The van der Waals surface area contributed by atoms with E-state index in [0.29, 0.717) is 6.07 Å². The third kappa shape index (κ3) is 2.37. The average Bonchev–Trinajstić information content (AvgIpc) is 2.25. The zero-order chi connectivity index (χ0) is 14.4. The van der Waals surface area contributed by atoms with Crippen LogP contribution in [-0.2, 0) is 12.4 Å². The van der Waals surface area contributed by atoms with Crippen molar-refractivity contribution in [1.82, 2.24) is 15.4 Å². The van der Waals surface area contributed by atoms with Crippen LogP contribution in [0.15, 0.2) is 16.9 Å². The third-order valence-corrected chi connectivity index (χ3v) is 2.29. The lowest BCUT2D eigenvalue weighted by Gasteiger charge is -2.12. The van der Waals surface area contributed by atoms with Crippen LogP contribution < -0.4 is 5.56 Å². The van der Waals surface area contributed by atoms with Crippen LogP contribution in [0, 0.1) is 0 Å². The number of rotatable bonds is 0. The van der Waals surface area contributed by atoms with Gasteiger partial charge < -0.3 is 0 Å². The minimum Gasteiger partial charge on any atom is -0.267 e. The molecule has 2 rings (SSSR count). The van der Waals surface area contributed by atoms with Gasteiger partial charge in [0.2, 0.25) is 0 Å². The fourth-order valence-electron chi connectivity index (χ4n) is 1.48. The molecule has 0 saturated heterocycles. The van der Waals surface area contributed by atoms with Gasteiger partial charge in [-0.05, 0) is 12.1 Å². The molecule has 0 aliphatic rings. The molecule has 0 spiro atoms. The Hall–Kier alpha value is -2.13. The number of halogens is 6. The fraction of sp³-hybridized carbons (Fsp3) is 0.222. The van der Waals surface area contributed by atoms with Crippen LogP contribution in [0.2, 0.25) is 0 Å². The molecule has 0 atom stereocenters. The molecule has 0 bridgehead atoms. The average molecular weight is 283 g/mol. The quantitative estimate of drug-likeness (QED) is 0.755. The Bertz CT molecular complexity index is 687. The first-order chi connectivity index (χ1) is 8.60. The van der Waals surface area contributed by atoms with E-state index >= 15 is 0 Å². The maximum Gasteiger partial charge on any atom is 0.418 e. The van der Waals surface area contributed by atoms with E-state index in [1.807, 2.05) is 0 Å². The number of hydrogen-bond acceptors (Lipinski definition) is 3. The summed E-state index contributed by atoms with van der Waals surface area (Å²) in [6, 6.07) is 0.203. The molecule has 0 fully saturated rings. The lowest BCUT2D eigenvalue weighted by Crippen LogP contribution is -2.17. The molecule has 1 aromatic carbocycles. The second-order valence-corrected chi connectivity index (χ2v) is 3.56. The number of benzene rings is 1. The van der Waals surface area contributed by atoms with E-state index in [1.165, 1.54) is 0 Å². The van der Waals surface area contributed by atoms with Gasteiger partial charge in [-0.25, -0.2) is 5.10 Å². The maximum absolute atomic E-state index is 12.7. The molecular weight excluding hydrogens is 280 g/mol. The Morgan fingerprint density at radius 2 is 1.63 bits per heavy atom. The van der Waals surface area contributed by atoms with Gasteiger partial charge in [0.1, 0.15) is 5.52 Å². The largest absolute Gasteiger partial charge is 0.418 e. The zero-order valence-corrected chi connectivity index (χ0v) is 8.73. The van der Waals surface area contributed by atoms with E-state index in [-0.39, 0.29) is 6.07 Å². The molecule has 4 nitrogen and oxygen atoms in total. The minimum atomic E-state index is -5.08. The van der Waals surface area contributed by atoms with Crippen molar-refractivity contribution in [3.8, 4) is 0 Å². The van der Waals surface area contributed by atoms with E-state index in [1.54, 1.807) is 5.10 Å². The number of aromatic nitrogens is 3. The predicted octanol–water partition coefficient (Wildman–Crippen LogP) is 2.36. The summed E-state index contributed by atoms with van der Waals surface area (Å²) in [5, 5.41) is 6.81. The highest BCUT2D eigenvalue weighted by Crippen LogP contribution is 2.38. The molecule has 0 radical (unpaired) electrons. The smallest absolute Gasteiger partial charge is 0.267 e. The summed E-state index contributed by atoms with van der Waals surface area (Å²) in [6.07, 6.45) is -10.1. The third-order valence-electron chi connectivity index (χ3n) is 2.29. The Labute approximate surface area is 99.6 Å². The molecule has 0 saturated carbocycles. The predicted molar refractivity (Wildman–Crippen MR) is 50.2 cm³/mol. The van der Waals surface area contributed by atoms with Gasteiger partial charge in [-0.2, -0.15) is 26.3 Å². The molecular formula is C9H3F6N3O. The number of alkyl halides is 6. The number of nitrogens with zero attached hydrogens (tertiary/aromatic N) is 2. The van der Waals surface area contributed by atoms with Crippen molar-refractivity contribution in [2.45, 2.75) is 12.4 Å². The Morgan fingerprint density at radius 1 is 1.00 bits per heavy atom. The number of aromatic amines is 1. The van der Waals surface area contributed by atoms with Crippen LogP contribution in [0.3, 0.4) is 0 Å². The molecule has 1 N–H and O–H groups in total. The van der Waals surface area contributed by atoms with Crippen molar-refractivity contribution in [2.75, 3.05) is 0 Å². The van der Waals surface area contributed by atoms with Gasteiger partial charge in [0, 0.05) is 0 Å². The number of H-pyrrole nitrogens is 1. The highest BCUT2D eigenvalue weighted by atomic mass is 19.4. The van der Waals surface area contributed by atoms with Crippen molar-refractivity contribution >= 4 is 10.9 Å². The topological polar surface area (TPSA) is 58.6 Å². The van der Waals surface area contributed by atoms with Crippen molar-refractivity contribution in [2.24, 2.45) is 0 Å². The van der Waals surface area contributed by atoms with Gasteiger partial charge in [-0.1, -0.05) is 5.21 Å². The normalized spacial score (nSPS) is 12.9. The second kappa shape index (κ2) is 3.93. The van der Waals surface area contributed by atoms with Crippen molar-refractivity contribution in [3.05, 3.63) is 33.6 Å². The summed E-state index contributed by atoms with van der Waals surface area (Å²) < 4.78 is 75.5. The summed E-state index contributed by atoms with van der Waals surface area (Å²) in [6.45, 7) is 0. The monoisotopic (exact) mass is 283 g/mol. The molecule has 0 aliphatic heterocycles. The zero-order valence-electron chi connectivity index (χ0n) is 8.73. The number of hydrogen-bond donors (Lipinski definition) is 1. The van der Waals surface area contributed by atoms with Crippen LogP contribution in [0.5, 0.6) is 0 Å². The summed E-state index contributed by atoms with van der Waals surface area (Å²) in [4.78, 5) is 11.2. The van der Waals surface area contributed by atoms with Gasteiger partial charge in [0.15, 0.2) is 0 Å². The van der Waals surface area contributed by atoms with Gasteiger partial charge in [0.25, 0.3) is 5.56 Å². The molecule has 2 aromatic rings. The van der Waals surface area contributed by atoms with E-state index in [2.05, 4.69) is 10.3 Å². The fourth-order valence-corrected chi connectivity index (χ4v) is 1.48. The van der Waals surface area contributed by atoms with Gasteiger partial charge in [-0.15, -0.1) is 5.10 Å². The minimum absolute atomic E-state index is 0.101. The first-order valence-electron chi connectivity index (χ1n) is 4.64. The van der Waals surface area contributed by atoms with Gasteiger partial charge >= 0.3 is 12.4 Å². The SMILES string of the molecule is O=c1[nH]nnc2c(C(F)(F)F)cc(C(F)(F)F)cc12. The standard InChI is InChI=1S/C9H3F6N3O/c10-8(11,12)3-1-4-6(16-18-17-7(4)19)5(2-3)9(13,14)15/h1-2H,(H,16,17,19). The number of fused-ring (bicyclic) bond motifs is 1. The van der Waals surface area contributed by atoms with Crippen LogP contribution in [0.25, 0.3) is 10.9 Å². The summed E-state index contributed by atoms with van der Waals surface area (Å²) >= 11 is 0. The summed E-state index contributed by atoms with van der Waals surface area (Å²) in [5.74, 6) is 0. The summed E-state index contributed by atoms with van der Waals surface area (Å²) in [5.41, 5.74) is -5.34. The van der Waals surface area contributed by atoms with Gasteiger partial charge in [0.05, 0.1) is 16.5 Å². The molecule has 10 heteroatoms. The van der Waals surface area contributed by atoms with Crippen LogP contribution in [-0.4, -0.2) is 15.4 Å². The molecule has 102 valence electrons. The van der Waals surface area contributed by atoms with E-state index in [0.717, 1.165) is 0 Å². The van der Waals surface area contributed by atoms with E-state index in [4.69, 9.17) is 0 Å². The molecule has 0 amide bonds. The van der Waals surface area contributed by atoms with Gasteiger partial charge in [-0.3, -0.25) is 4.79 Å². The van der Waals surface area contributed by atoms with Crippen LogP contribution in [0.1, 0.15) is 11.1 Å². The van der Waals surface area contributed by atoms with E-state index in [9.17, 15) is 31.1 Å². The maximum atomic E-state index is 12.7. The van der Waals surface area contributed by atoms with Crippen LogP contribution in [0.4, 0.5) is 26.3 Å². The Balaban J connectivity index is 2.93. The van der Waals surface area contributed by atoms with E-state index < -0.39 is 39.9 Å². The molecule has 1 aromatic heterocycles. The Kier molecular flexibility index (Phi) is 2.75. The van der Waals surface area contributed by atoms with Crippen molar-refractivity contribution in [3.63, 3.8) is 0 Å². The molecule has 0 unspecified atom stereocenters. The molecule has 0 aliphatic carbocycles. The highest BCUT2D eigenvalue weighted by molar-refractivity contribution is 5.81. The lowest BCUT2D eigenvalue weighted by atomic mass is 10.1. The van der Waals surface area contributed by atoms with Crippen molar-refractivity contribution < 1.29 is 26.3 Å². The first kappa shape index (κ1) is 13.3. The lowest BCUT2D eigenvalue weighted by molar-refractivity contribution is -0.142. The first-order valence-corrected chi connectivity index (χ1v) is 4.64. The van der Waals surface area contributed by atoms with Crippen molar-refractivity contribution in [1.29, 1.82) is 0 Å². The number of nitrogens with one attached hydrogen (secondary N) is 1. The second-order valence-electron chi connectivity index (χ2n) is 3.56. The van der Waals surface area contributed by atoms with Crippen LogP contribution >= 0.6 is 0 Å². The Morgan fingerprint density at radius 3 is 2.16 bits per heavy atom. The highest BCUT2D eigenvalue weighted by Gasteiger charge is 2.39.